The Morgan fingerprint density at radius 3 is 2.60 bits per heavy atom. The Hall–Kier alpha value is -1.75. The zero-order chi connectivity index (χ0) is 14.8. The number of hydrogen-bond donors (Lipinski definition) is 2. The second-order valence-electron chi connectivity index (χ2n) is 4.70. The van der Waals surface area contributed by atoms with Crippen LogP contribution in [0.4, 0.5) is 4.79 Å². The number of carbonyl (C=O) groups is 2. The lowest BCUT2D eigenvalue weighted by atomic mass is 10.1. The molecule has 2 N–H and O–H groups in total. The Morgan fingerprint density at radius 1 is 1.40 bits per heavy atom. The molecule has 1 aromatic rings. The molecule has 1 fully saturated rings. The van der Waals surface area contributed by atoms with Crippen molar-refractivity contribution in [3.8, 4) is 0 Å². The fraction of sp³-hybridized carbons (Fsp3) is 0.429. The molecule has 1 aliphatic rings. The first-order chi connectivity index (χ1) is 9.53. The van der Waals surface area contributed by atoms with Gasteiger partial charge in [-0.05, 0) is 31.0 Å². The minimum atomic E-state index is -0.968. The summed E-state index contributed by atoms with van der Waals surface area (Å²) in [6, 6.07) is 6.87. The summed E-state index contributed by atoms with van der Waals surface area (Å²) >= 11 is 5.86. The van der Waals surface area contributed by atoms with Gasteiger partial charge in [0.1, 0.15) is 5.54 Å². The average Bonchev–Trinajstić information content (AvgIpc) is 3.15. The van der Waals surface area contributed by atoms with Crippen LogP contribution in [0, 0.1) is 0 Å². The Morgan fingerprint density at radius 2 is 2.05 bits per heavy atom. The van der Waals surface area contributed by atoms with E-state index in [1.165, 1.54) is 7.05 Å². The maximum atomic E-state index is 12.1. The number of urea groups is 1. The average molecular weight is 297 g/mol. The van der Waals surface area contributed by atoms with Crippen LogP contribution in [0.25, 0.3) is 0 Å². The molecular weight excluding hydrogens is 280 g/mol. The second-order valence-corrected chi connectivity index (χ2v) is 5.14. The Balaban J connectivity index is 2.21. The molecular formula is C14H17ClN2O3. The second kappa shape index (κ2) is 5.71. The molecule has 1 saturated carbocycles. The van der Waals surface area contributed by atoms with E-state index >= 15 is 0 Å². The Bertz CT molecular complexity index is 518. The molecule has 2 atom stereocenters. The van der Waals surface area contributed by atoms with Crippen LogP contribution in [-0.4, -0.2) is 31.2 Å². The highest BCUT2D eigenvalue weighted by molar-refractivity contribution is 6.30. The summed E-state index contributed by atoms with van der Waals surface area (Å²) < 4.78 is 5.08. The largest absolute Gasteiger partial charge is 0.464 e. The molecule has 1 aliphatic carbocycles. The Kier molecular flexibility index (Phi) is 4.18. The smallest absolute Gasteiger partial charge is 0.332 e. The molecule has 0 aliphatic heterocycles. The molecule has 0 aromatic heterocycles. The van der Waals surface area contributed by atoms with Gasteiger partial charge < -0.3 is 15.4 Å². The van der Waals surface area contributed by atoms with Gasteiger partial charge in [0.2, 0.25) is 0 Å². The summed E-state index contributed by atoms with van der Waals surface area (Å²) in [7, 11) is 1.51. The summed E-state index contributed by atoms with van der Waals surface area (Å²) in [5.41, 5.74) is -0.0110. The van der Waals surface area contributed by atoms with E-state index < -0.39 is 17.5 Å². The first-order valence-corrected chi connectivity index (χ1v) is 6.84. The van der Waals surface area contributed by atoms with Crippen LogP contribution in [0.2, 0.25) is 5.02 Å². The van der Waals surface area contributed by atoms with Gasteiger partial charge >= 0.3 is 12.0 Å². The lowest BCUT2D eigenvalue weighted by molar-refractivity contribution is -0.146. The number of rotatable bonds is 4. The molecule has 2 amide bonds. The van der Waals surface area contributed by atoms with Crippen molar-refractivity contribution < 1.29 is 14.3 Å². The molecule has 2 rings (SSSR count). The van der Waals surface area contributed by atoms with Crippen LogP contribution in [0.1, 0.15) is 24.8 Å². The highest BCUT2D eigenvalue weighted by Gasteiger charge is 2.63. The van der Waals surface area contributed by atoms with Crippen LogP contribution in [0.3, 0.4) is 0 Å². The van der Waals surface area contributed by atoms with Crippen LogP contribution < -0.4 is 10.6 Å². The van der Waals surface area contributed by atoms with E-state index in [4.69, 9.17) is 16.3 Å². The van der Waals surface area contributed by atoms with Crippen LogP contribution in [0.5, 0.6) is 0 Å². The van der Waals surface area contributed by atoms with E-state index in [0.717, 1.165) is 5.56 Å². The maximum absolute atomic E-state index is 12.1. The number of esters is 1. The van der Waals surface area contributed by atoms with Crippen LogP contribution >= 0.6 is 11.6 Å². The molecule has 5 nitrogen and oxygen atoms in total. The number of amides is 2. The third-order valence-corrected chi connectivity index (χ3v) is 3.69. The molecule has 2 unspecified atom stereocenters. The van der Waals surface area contributed by atoms with Gasteiger partial charge in [-0.3, -0.25) is 0 Å². The minimum Gasteiger partial charge on any atom is -0.464 e. The predicted molar refractivity (Wildman–Crippen MR) is 75.8 cm³/mol. The molecule has 6 heteroatoms. The van der Waals surface area contributed by atoms with Crippen molar-refractivity contribution in [1.29, 1.82) is 0 Å². The van der Waals surface area contributed by atoms with Gasteiger partial charge in [-0.2, -0.15) is 0 Å². The number of nitrogens with one attached hydrogen (secondary N) is 2. The quantitative estimate of drug-likeness (QED) is 0.836. The molecule has 0 radical (unpaired) electrons. The monoisotopic (exact) mass is 296 g/mol. The molecule has 20 heavy (non-hydrogen) atoms. The van der Waals surface area contributed by atoms with Gasteiger partial charge in [-0.25, -0.2) is 9.59 Å². The summed E-state index contributed by atoms with van der Waals surface area (Å²) in [4.78, 5) is 23.7. The SMILES string of the molecule is CCOC(=O)C1(NC(=O)NC)CC1c1ccc(Cl)cc1. The number of halogens is 1. The van der Waals surface area contributed by atoms with Gasteiger partial charge in [-0.15, -0.1) is 0 Å². The third kappa shape index (κ3) is 2.72. The van der Waals surface area contributed by atoms with Crippen molar-refractivity contribution in [2.24, 2.45) is 0 Å². The van der Waals surface area contributed by atoms with Crippen molar-refractivity contribution in [3.63, 3.8) is 0 Å². The van der Waals surface area contributed by atoms with Crippen molar-refractivity contribution in [3.05, 3.63) is 34.9 Å². The summed E-state index contributed by atoms with van der Waals surface area (Å²) in [6.07, 6.45) is 0.529. The van der Waals surface area contributed by atoms with Gasteiger partial charge in [0.05, 0.1) is 6.61 Å². The predicted octanol–water partition coefficient (Wildman–Crippen LogP) is 2.06. The summed E-state index contributed by atoms with van der Waals surface area (Å²) in [5.74, 6) is -0.486. The number of hydrogen-bond acceptors (Lipinski definition) is 3. The van der Waals surface area contributed by atoms with Gasteiger partial charge in [-0.1, -0.05) is 23.7 Å². The minimum absolute atomic E-state index is 0.0869. The fourth-order valence-corrected chi connectivity index (χ4v) is 2.43. The topological polar surface area (TPSA) is 67.4 Å². The molecule has 0 bridgehead atoms. The molecule has 0 heterocycles. The fourth-order valence-electron chi connectivity index (χ4n) is 2.30. The molecule has 1 aromatic carbocycles. The van der Waals surface area contributed by atoms with Crippen molar-refractivity contribution >= 4 is 23.6 Å². The Labute approximate surface area is 122 Å². The molecule has 108 valence electrons. The third-order valence-electron chi connectivity index (χ3n) is 3.44. The zero-order valence-electron chi connectivity index (χ0n) is 11.4. The summed E-state index contributed by atoms with van der Waals surface area (Å²) in [5, 5.41) is 5.80. The standard InChI is InChI=1S/C14H17ClN2O3/c1-3-20-12(18)14(17-13(19)16-2)8-11(14)9-4-6-10(15)7-5-9/h4-7,11H,3,8H2,1-2H3,(H2,16,17,19). The highest BCUT2D eigenvalue weighted by atomic mass is 35.5. The maximum Gasteiger partial charge on any atom is 0.332 e. The van der Waals surface area contributed by atoms with Crippen molar-refractivity contribution in [2.45, 2.75) is 24.8 Å². The summed E-state index contributed by atoms with van der Waals surface area (Å²) in [6.45, 7) is 2.02. The van der Waals surface area contributed by atoms with Gasteiger partial charge in [0.25, 0.3) is 0 Å². The van der Waals surface area contributed by atoms with E-state index in [2.05, 4.69) is 10.6 Å². The zero-order valence-corrected chi connectivity index (χ0v) is 12.2. The van der Waals surface area contributed by atoms with E-state index in [-0.39, 0.29) is 12.5 Å². The lowest BCUT2D eigenvalue weighted by Gasteiger charge is -2.17. The molecule has 0 spiro atoms. The lowest BCUT2D eigenvalue weighted by Crippen LogP contribution is -2.48. The highest BCUT2D eigenvalue weighted by Crippen LogP contribution is 2.52. The van der Waals surface area contributed by atoms with Crippen LogP contribution in [-0.2, 0) is 9.53 Å². The van der Waals surface area contributed by atoms with Gasteiger partial charge in [0.15, 0.2) is 0 Å². The first kappa shape index (κ1) is 14.7. The molecule has 0 saturated heterocycles. The normalized spacial score (nSPS) is 23.9. The first-order valence-electron chi connectivity index (χ1n) is 6.46. The number of benzene rings is 1. The number of carbonyl (C=O) groups excluding carboxylic acids is 2. The van der Waals surface area contributed by atoms with E-state index in [0.29, 0.717) is 11.4 Å². The van der Waals surface area contributed by atoms with E-state index in [1.807, 2.05) is 12.1 Å². The van der Waals surface area contributed by atoms with Crippen molar-refractivity contribution in [1.82, 2.24) is 10.6 Å². The van der Waals surface area contributed by atoms with Crippen molar-refractivity contribution in [2.75, 3.05) is 13.7 Å². The number of ether oxygens (including phenoxy) is 1. The van der Waals surface area contributed by atoms with Crippen LogP contribution in [0.15, 0.2) is 24.3 Å². The van der Waals surface area contributed by atoms with E-state index in [9.17, 15) is 9.59 Å². The van der Waals surface area contributed by atoms with Gasteiger partial charge in [0, 0.05) is 18.0 Å². The van der Waals surface area contributed by atoms with E-state index in [1.54, 1.807) is 19.1 Å².